The van der Waals surface area contributed by atoms with Gasteiger partial charge in [-0.25, -0.2) is 9.97 Å². The molecule has 1 aliphatic rings. The molecule has 0 bridgehead atoms. The van der Waals surface area contributed by atoms with Crippen LogP contribution in [0.25, 0.3) is 0 Å². The normalized spacial score (nSPS) is 23.8. The van der Waals surface area contributed by atoms with Gasteiger partial charge in [0.05, 0.1) is 0 Å². The zero-order chi connectivity index (χ0) is 14.0. The van der Waals surface area contributed by atoms with E-state index in [1.165, 1.54) is 25.7 Å². The number of hydrogen-bond donors (Lipinski definition) is 1. The Hall–Kier alpha value is -1.12. The maximum atomic E-state index is 6.06. The molecule has 0 amide bonds. The van der Waals surface area contributed by atoms with E-state index in [4.69, 9.17) is 10.7 Å². The number of nitrogens with two attached hydrogens (primary N) is 1. The van der Waals surface area contributed by atoms with Crippen LogP contribution in [0, 0.1) is 18.8 Å². The van der Waals surface area contributed by atoms with Crippen LogP contribution in [0.2, 0.25) is 0 Å². The number of nitrogen functional groups attached to an aromatic ring is 1. The van der Waals surface area contributed by atoms with Crippen LogP contribution in [0.3, 0.4) is 0 Å². The van der Waals surface area contributed by atoms with Crippen LogP contribution in [-0.2, 0) is 6.42 Å². The van der Waals surface area contributed by atoms with E-state index in [0.717, 1.165) is 35.3 Å². The lowest BCUT2D eigenvalue weighted by Crippen LogP contribution is -2.20. The van der Waals surface area contributed by atoms with Crippen molar-refractivity contribution in [2.45, 2.75) is 65.7 Å². The average Bonchev–Trinajstić information content (AvgIpc) is 2.38. The van der Waals surface area contributed by atoms with E-state index in [0.29, 0.717) is 11.7 Å². The predicted molar refractivity (Wildman–Crippen MR) is 80.1 cm³/mol. The molecule has 0 radical (unpaired) electrons. The fourth-order valence-corrected chi connectivity index (χ4v) is 3.30. The molecule has 1 heterocycles. The first kappa shape index (κ1) is 14.3. The molecule has 1 aliphatic carbocycles. The first-order chi connectivity index (χ1) is 9.02. The zero-order valence-electron chi connectivity index (χ0n) is 12.7. The molecule has 3 nitrogen and oxygen atoms in total. The van der Waals surface area contributed by atoms with Crippen molar-refractivity contribution in [3.05, 3.63) is 17.1 Å². The maximum absolute atomic E-state index is 6.06. The van der Waals surface area contributed by atoms with Crippen LogP contribution in [0.4, 0.5) is 5.82 Å². The average molecular weight is 261 g/mol. The van der Waals surface area contributed by atoms with Crippen molar-refractivity contribution < 1.29 is 0 Å². The highest BCUT2D eigenvalue weighted by Crippen LogP contribution is 2.37. The largest absolute Gasteiger partial charge is 0.383 e. The van der Waals surface area contributed by atoms with Gasteiger partial charge in [0.15, 0.2) is 0 Å². The molecule has 1 aromatic heterocycles. The molecule has 0 unspecified atom stereocenters. The number of anilines is 1. The molecule has 19 heavy (non-hydrogen) atoms. The summed E-state index contributed by atoms with van der Waals surface area (Å²) in [6, 6.07) is 0. The quantitative estimate of drug-likeness (QED) is 0.899. The first-order valence-corrected chi connectivity index (χ1v) is 7.65. The second-order valence-electron chi connectivity index (χ2n) is 6.24. The second-order valence-corrected chi connectivity index (χ2v) is 6.24. The number of aromatic nitrogens is 2. The van der Waals surface area contributed by atoms with Crippen LogP contribution in [0.5, 0.6) is 0 Å². The minimum atomic E-state index is 0.516. The molecule has 1 aromatic rings. The fraction of sp³-hybridized carbons (Fsp3) is 0.750. The summed E-state index contributed by atoms with van der Waals surface area (Å²) in [7, 11) is 0. The third-order valence-electron chi connectivity index (χ3n) is 4.70. The van der Waals surface area contributed by atoms with Gasteiger partial charge in [0.25, 0.3) is 0 Å². The van der Waals surface area contributed by atoms with Crippen molar-refractivity contribution in [1.82, 2.24) is 9.97 Å². The standard InChI is InChI=1S/C16H27N3/c1-5-14-11(4)18-16(19-15(14)17)13-8-6-12(7-9-13)10(2)3/h10,12-13H,5-9H2,1-4H3,(H2,17,18,19). The lowest BCUT2D eigenvalue weighted by atomic mass is 9.76. The van der Waals surface area contributed by atoms with Gasteiger partial charge in [0.1, 0.15) is 11.6 Å². The van der Waals surface area contributed by atoms with Crippen molar-refractivity contribution >= 4 is 5.82 Å². The number of rotatable bonds is 3. The van der Waals surface area contributed by atoms with E-state index in [9.17, 15) is 0 Å². The summed E-state index contributed by atoms with van der Waals surface area (Å²) in [6.45, 7) is 8.83. The molecular weight excluding hydrogens is 234 g/mol. The molecule has 0 atom stereocenters. The Morgan fingerprint density at radius 1 is 1.16 bits per heavy atom. The summed E-state index contributed by atoms with van der Waals surface area (Å²) in [6.07, 6.45) is 5.96. The maximum Gasteiger partial charge on any atom is 0.134 e. The third-order valence-corrected chi connectivity index (χ3v) is 4.70. The van der Waals surface area contributed by atoms with Gasteiger partial charge < -0.3 is 5.73 Å². The van der Waals surface area contributed by atoms with Crippen LogP contribution in [0.1, 0.15) is 69.5 Å². The molecule has 1 fully saturated rings. The van der Waals surface area contributed by atoms with E-state index in [1.807, 2.05) is 0 Å². The molecule has 106 valence electrons. The second kappa shape index (κ2) is 5.89. The van der Waals surface area contributed by atoms with Gasteiger partial charge >= 0.3 is 0 Å². The van der Waals surface area contributed by atoms with Crippen molar-refractivity contribution in [2.75, 3.05) is 5.73 Å². The zero-order valence-corrected chi connectivity index (χ0v) is 12.7. The Bertz CT molecular complexity index is 409. The van der Waals surface area contributed by atoms with Gasteiger partial charge in [-0.1, -0.05) is 20.8 Å². The smallest absolute Gasteiger partial charge is 0.134 e. The van der Waals surface area contributed by atoms with Crippen LogP contribution in [-0.4, -0.2) is 9.97 Å². The summed E-state index contributed by atoms with van der Waals surface area (Å²) in [5.74, 6) is 3.87. The Kier molecular flexibility index (Phi) is 4.43. The van der Waals surface area contributed by atoms with Crippen LogP contribution in [0.15, 0.2) is 0 Å². The fourth-order valence-electron chi connectivity index (χ4n) is 3.30. The molecule has 1 saturated carbocycles. The van der Waals surface area contributed by atoms with Crippen LogP contribution >= 0.6 is 0 Å². The summed E-state index contributed by atoms with van der Waals surface area (Å²) in [5, 5.41) is 0. The van der Waals surface area contributed by atoms with Gasteiger partial charge in [-0.05, 0) is 50.9 Å². The van der Waals surface area contributed by atoms with Crippen molar-refractivity contribution in [3.63, 3.8) is 0 Å². The number of aryl methyl sites for hydroxylation is 1. The lowest BCUT2D eigenvalue weighted by molar-refractivity contribution is 0.254. The molecule has 0 saturated heterocycles. The highest BCUT2D eigenvalue weighted by Gasteiger charge is 2.26. The molecule has 0 aromatic carbocycles. The minimum Gasteiger partial charge on any atom is -0.383 e. The van der Waals surface area contributed by atoms with Crippen molar-refractivity contribution in [1.29, 1.82) is 0 Å². The Morgan fingerprint density at radius 3 is 2.26 bits per heavy atom. The summed E-state index contributed by atoms with van der Waals surface area (Å²) in [5.41, 5.74) is 8.24. The van der Waals surface area contributed by atoms with E-state index in [1.54, 1.807) is 0 Å². The number of hydrogen-bond acceptors (Lipinski definition) is 3. The molecule has 0 spiro atoms. The summed E-state index contributed by atoms with van der Waals surface area (Å²) >= 11 is 0. The Balaban J connectivity index is 2.12. The van der Waals surface area contributed by atoms with Gasteiger partial charge in [-0.3, -0.25) is 0 Å². The SMILES string of the molecule is CCc1c(C)nc(C2CCC(C(C)C)CC2)nc1N. The third kappa shape index (κ3) is 3.07. The monoisotopic (exact) mass is 261 g/mol. The van der Waals surface area contributed by atoms with Gasteiger partial charge in [-0.2, -0.15) is 0 Å². The molecule has 0 aliphatic heterocycles. The summed E-state index contributed by atoms with van der Waals surface area (Å²) in [4.78, 5) is 9.27. The lowest BCUT2D eigenvalue weighted by Gasteiger charge is -2.30. The predicted octanol–water partition coefficient (Wildman–Crippen LogP) is 3.86. The summed E-state index contributed by atoms with van der Waals surface area (Å²) < 4.78 is 0. The van der Waals surface area contributed by atoms with Gasteiger partial charge in [0.2, 0.25) is 0 Å². The Morgan fingerprint density at radius 2 is 1.79 bits per heavy atom. The van der Waals surface area contributed by atoms with E-state index >= 15 is 0 Å². The minimum absolute atomic E-state index is 0.516. The van der Waals surface area contributed by atoms with Gasteiger partial charge in [-0.15, -0.1) is 0 Å². The highest BCUT2D eigenvalue weighted by molar-refractivity contribution is 5.42. The van der Waals surface area contributed by atoms with Crippen molar-refractivity contribution in [2.24, 2.45) is 11.8 Å². The first-order valence-electron chi connectivity index (χ1n) is 7.65. The van der Waals surface area contributed by atoms with Crippen LogP contribution < -0.4 is 5.73 Å². The molecule has 2 rings (SSSR count). The molecule has 3 heteroatoms. The highest BCUT2D eigenvalue weighted by atomic mass is 15.0. The van der Waals surface area contributed by atoms with E-state index in [-0.39, 0.29) is 0 Å². The molecular formula is C16H27N3. The van der Waals surface area contributed by atoms with E-state index in [2.05, 4.69) is 32.7 Å². The van der Waals surface area contributed by atoms with E-state index < -0.39 is 0 Å². The molecule has 2 N–H and O–H groups in total. The topological polar surface area (TPSA) is 51.8 Å². The Labute approximate surface area is 117 Å². The van der Waals surface area contributed by atoms with Gasteiger partial charge in [0, 0.05) is 17.2 Å². The number of nitrogens with zero attached hydrogens (tertiary/aromatic N) is 2. The van der Waals surface area contributed by atoms with Crippen molar-refractivity contribution in [3.8, 4) is 0 Å².